The monoisotopic (exact) mass is 399 g/mol. The fourth-order valence-electron chi connectivity index (χ4n) is 2.63. The normalized spacial score (nSPS) is 10.7. The van der Waals surface area contributed by atoms with Gasteiger partial charge in [-0.2, -0.15) is 5.26 Å². The van der Waals surface area contributed by atoms with Crippen molar-refractivity contribution in [3.63, 3.8) is 0 Å². The Bertz CT molecular complexity index is 1040. The summed E-state index contributed by atoms with van der Waals surface area (Å²) in [7, 11) is 0. The van der Waals surface area contributed by atoms with Crippen LogP contribution in [0.3, 0.4) is 0 Å². The van der Waals surface area contributed by atoms with Gasteiger partial charge in [0.15, 0.2) is 0 Å². The number of carbonyl (C=O) groups excluding carboxylic acids is 1. The highest BCUT2D eigenvalue weighted by Gasteiger charge is 2.08. The molecule has 150 valence electrons. The van der Waals surface area contributed by atoms with Crippen LogP contribution < -0.4 is 15.4 Å². The van der Waals surface area contributed by atoms with Gasteiger partial charge < -0.3 is 20.5 Å². The van der Waals surface area contributed by atoms with Gasteiger partial charge in [-0.25, -0.2) is 0 Å². The van der Waals surface area contributed by atoms with E-state index in [0.29, 0.717) is 18.7 Å². The van der Waals surface area contributed by atoms with Crippen molar-refractivity contribution < 1.29 is 14.6 Å². The van der Waals surface area contributed by atoms with E-state index >= 15 is 0 Å². The predicted octanol–water partition coefficient (Wildman–Crippen LogP) is 4.36. The number of phenolic OH excluding ortho intramolecular Hbond substituents is 1. The Morgan fingerprint density at radius 2 is 1.63 bits per heavy atom. The van der Waals surface area contributed by atoms with E-state index in [0.717, 1.165) is 17.0 Å². The maximum absolute atomic E-state index is 12.2. The number of anilines is 1. The van der Waals surface area contributed by atoms with Gasteiger partial charge in [0, 0.05) is 18.4 Å². The number of aromatic hydroxyl groups is 1. The second kappa shape index (κ2) is 10.3. The Balaban J connectivity index is 1.50. The number of nitriles is 1. The van der Waals surface area contributed by atoms with E-state index in [4.69, 9.17) is 4.74 Å². The summed E-state index contributed by atoms with van der Waals surface area (Å²) in [6.07, 6.45) is 1.98. The van der Waals surface area contributed by atoms with E-state index in [9.17, 15) is 15.2 Å². The van der Waals surface area contributed by atoms with Crippen LogP contribution in [-0.4, -0.2) is 17.6 Å². The van der Waals surface area contributed by atoms with Crippen LogP contribution in [0.4, 0.5) is 5.69 Å². The second-order valence-electron chi connectivity index (χ2n) is 6.43. The summed E-state index contributed by atoms with van der Waals surface area (Å²) in [5.74, 6) is 1.17. The third kappa shape index (κ3) is 6.14. The minimum absolute atomic E-state index is 0.0229. The topological polar surface area (TPSA) is 94.4 Å². The summed E-state index contributed by atoms with van der Waals surface area (Å²) in [5.41, 5.74) is 1.68. The molecule has 0 aromatic heterocycles. The van der Waals surface area contributed by atoms with E-state index in [2.05, 4.69) is 10.6 Å². The number of carbonyl (C=O) groups is 1. The second-order valence-corrected chi connectivity index (χ2v) is 6.43. The van der Waals surface area contributed by atoms with Crippen molar-refractivity contribution >= 4 is 11.6 Å². The SMILES string of the molecule is N#C/C(=C/Nc1ccc(Oc2ccccc2)cc1)C(=O)NCCc1ccc(O)cc1. The van der Waals surface area contributed by atoms with E-state index in [-0.39, 0.29) is 11.3 Å². The van der Waals surface area contributed by atoms with Gasteiger partial charge in [0.2, 0.25) is 0 Å². The molecule has 3 rings (SSSR count). The first kappa shape index (κ1) is 20.5. The predicted molar refractivity (Wildman–Crippen MR) is 115 cm³/mol. The third-order valence-corrected chi connectivity index (χ3v) is 4.22. The van der Waals surface area contributed by atoms with Crippen molar-refractivity contribution in [1.29, 1.82) is 5.26 Å². The lowest BCUT2D eigenvalue weighted by Gasteiger charge is -2.07. The zero-order valence-corrected chi connectivity index (χ0v) is 16.2. The maximum Gasteiger partial charge on any atom is 0.263 e. The Labute approximate surface area is 175 Å². The van der Waals surface area contributed by atoms with Gasteiger partial charge >= 0.3 is 0 Å². The number of nitrogens with zero attached hydrogens (tertiary/aromatic N) is 1. The Morgan fingerprint density at radius 1 is 0.967 bits per heavy atom. The van der Waals surface area contributed by atoms with Gasteiger partial charge in [0.1, 0.15) is 28.9 Å². The van der Waals surface area contributed by atoms with Gasteiger partial charge in [0.25, 0.3) is 5.91 Å². The van der Waals surface area contributed by atoms with Gasteiger partial charge in [-0.3, -0.25) is 4.79 Å². The molecule has 3 aromatic rings. The number of para-hydroxylation sites is 1. The smallest absolute Gasteiger partial charge is 0.263 e. The maximum atomic E-state index is 12.2. The Kier molecular flexibility index (Phi) is 7.07. The first-order valence-electron chi connectivity index (χ1n) is 9.40. The molecular weight excluding hydrogens is 378 g/mol. The lowest BCUT2D eigenvalue weighted by Crippen LogP contribution is -2.27. The molecule has 0 fully saturated rings. The molecule has 0 saturated heterocycles. The van der Waals surface area contributed by atoms with Crippen LogP contribution in [-0.2, 0) is 11.2 Å². The largest absolute Gasteiger partial charge is 0.508 e. The summed E-state index contributed by atoms with van der Waals surface area (Å²) < 4.78 is 5.73. The van der Waals surface area contributed by atoms with Crippen LogP contribution in [0.2, 0.25) is 0 Å². The first-order valence-corrected chi connectivity index (χ1v) is 9.40. The molecule has 0 radical (unpaired) electrons. The fourth-order valence-corrected chi connectivity index (χ4v) is 2.63. The van der Waals surface area contributed by atoms with Crippen LogP contribution in [0.15, 0.2) is 90.6 Å². The van der Waals surface area contributed by atoms with E-state index in [1.807, 2.05) is 36.4 Å². The number of phenols is 1. The van der Waals surface area contributed by atoms with Gasteiger partial charge in [-0.15, -0.1) is 0 Å². The number of hydrogen-bond donors (Lipinski definition) is 3. The first-order chi connectivity index (χ1) is 14.6. The number of amides is 1. The average Bonchev–Trinajstić information content (AvgIpc) is 2.77. The van der Waals surface area contributed by atoms with E-state index in [1.54, 1.807) is 48.5 Å². The van der Waals surface area contributed by atoms with Crippen LogP contribution in [0.5, 0.6) is 17.2 Å². The third-order valence-electron chi connectivity index (χ3n) is 4.22. The van der Waals surface area contributed by atoms with Gasteiger partial charge in [0.05, 0.1) is 0 Å². The molecule has 0 bridgehead atoms. The van der Waals surface area contributed by atoms with Crippen LogP contribution in [0.1, 0.15) is 5.56 Å². The molecule has 30 heavy (non-hydrogen) atoms. The van der Waals surface area contributed by atoms with Crippen LogP contribution in [0.25, 0.3) is 0 Å². The molecule has 3 N–H and O–H groups in total. The van der Waals surface area contributed by atoms with Crippen molar-refractivity contribution in [3.8, 4) is 23.3 Å². The zero-order chi connectivity index (χ0) is 21.2. The molecule has 0 aliphatic heterocycles. The molecule has 0 aliphatic rings. The molecule has 0 heterocycles. The molecule has 0 unspecified atom stereocenters. The average molecular weight is 399 g/mol. The molecule has 1 amide bonds. The van der Waals surface area contributed by atoms with E-state index < -0.39 is 5.91 Å². The van der Waals surface area contributed by atoms with Gasteiger partial charge in [-0.1, -0.05) is 30.3 Å². The fraction of sp³-hybridized carbons (Fsp3) is 0.0833. The van der Waals surface area contributed by atoms with Crippen molar-refractivity contribution in [2.75, 3.05) is 11.9 Å². The van der Waals surface area contributed by atoms with Crippen molar-refractivity contribution in [1.82, 2.24) is 5.32 Å². The minimum atomic E-state index is -0.451. The minimum Gasteiger partial charge on any atom is -0.508 e. The summed E-state index contributed by atoms with van der Waals surface area (Å²) in [6.45, 7) is 0.383. The lowest BCUT2D eigenvalue weighted by molar-refractivity contribution is -0.117. The van der Waals surface area contributed by atoms with E-state index in [1.165, 1.54) is 6.20 Å². The number of hydrogen-bond acceptors (Lipinski definition) is 5. The lowest BCUT2D eigenvalue weighted by atomic mass is 10.1. The highest BCUT2D eigenvalue weighted by Crippen LogP contribution is 2.22. The Morgan fingerprint density at radius 3 is 2.30 bits per heavy atom. The standard InChI is InChI=1S/C24H21N3O3/c25-16-19(24(29)26-15-14-18-6-10-21(28)11-7-18)17-27-20-8-12-23(13-9-20)30-22-4-2-1-3-5-22/h1-13,17,27-28H,14-15H2,(H,26,29)/b19-17-. The van der Waals surface area contributed by atoms with Gasteiger partial charge in [-0.05, 0) is 60.5 Å². The Hall–Kier alpha value is -4.24. The number of benzene rings is 3. The highest BCUT2D eigenvalue weighted by atomic mass is 16.5. The molecular formula is C24H21N3O3. The van der Waals surface area contributed by atoms with Crippen molar-refractivity contribution in [2.45, 2.75) is 6.42 Å². The number of nitrogens with one attached hydrogen (secondary N) is 2. The van der Waals surface area contributed by atoms with Crippen LogP contribution >= 0.6 is 0 Å². The van der Waals surface area contributed by atoms with Crippen LogP contribution in [0, 0.1) is 11.3 Å². The molecule has 0 atom stereocenters. The molecule has 0 aliphatic carbocycles. The highest BCUT2D eigenvalue weighted by molar-refractivity contribution is 5.97. The summed E-state index contributed by atoms with van der Waals surface area (Å²) in [4.78, 5) is 12.2. The quantitative estimate of drug-likeness (QED) is 0.386. The van der Waals surface area contributed by atoms with Crippen molar-refractivity contribution in [3.05, 3.63) is 96.2 Å². The summed E-state index contributed by atoms with van der Waals surface area (Å²) in [6, 6.07) is 25.3. The number of rotatable bonds is 8. The van der Waals surface area contributed by atoms with Crippen molar-refractivity contribution in [2.24, 2.45) is 0 Å². The zero-order valence-electron chi connectivity index (χ0n) is 16.2. The molecule has 0 saturated carbocycles. The molecule has 0 spiro atoms. The number of ether oxygens (including phenoxy) is 1. The molecule has 3 aromatic carbocycles. The summed E-state index contributed by atoms with van der Waals surface area (Å²) in [5, 5.41) is 24.2. The summed E-state index contributed by atoms with van der Waals surface area (Å²) >= 11 is 0. The molecule has 6 nitrogen and oxygen atoms in total. The molecule has 6 heteroatoms.